The maximum Gasteiger partial charge on any atom is 0.229 e. The second-order valence-corrected chi connectivity index (χ2v) is 9.04. The highest BCUT2D eigenvalue weighted by Gasteiger charge is 2.70. The molecule has 6 atom stereocenters. The molecule has 0 radical (unpaired) electrons. The number of nitrogens with zero attached hydrogens (tertiary/aromatic N) is 2. The van der Waals surface area contributed by atoms with Crippen molar-refractivity contribution in [3.8, 4) is 0 Å². The smallest absolute Gasteiger partial charge is 0.229 e. The number of nitrogens with two attached hydrogens (primary N) is 1. The van der Waals surface area contributed by atoms with Gasteiger partial charge in [-0.15, -0.1) is 0 Å². The fourth-order valence-corrected chi connectivity index (χ4v) is 7.57. The number of anilines is 2. The average Bonchev–Trinajstić information content (AvgIpc) is 3.09. The Kier molecular flexibility index (Phi) is 2.38. The third-order valence-corrected chi connectivity index (χ3v) is 8.33. The van der Waals surface area contributed by atoms with Crippen molar-refractivity contribution in [3.63, 3.8) is 0 Å². The molecule has 1 saturated carbocycles. The summed E-state index contributed by atoms with van der Waals surface area (Å²) in [6.07, 6.45) is 5.25. The largest absolute Gasteiger partial charge is 0.399 e. The van der Waals surface area contributed by atoms with Crippen LogP contribution in [0.15, 0.2) is 29.8 Å². The lowest BCUT2D eigenvalue weighted by molar-refractivity contribution is -0.132. The Balaban J connectivity index is 1.55. The third kappa shape index (κ3) is 1.37. The molecule has 5 nitrogen and oxygen atoms in total. The lowest BCUT2D eigenvalue weighted by Crippen LogP contribution is -2.69. The average molecular weight is 349 g/mol. The van der Waals surface area contributed by atoms with Gasteiger partial charge < -0.3 is 15.4 Å². The molecule has 6 aliphatic rings. The van der Waals surface area contributed by atoms with E-state index in [1.807, 2.05) is 6.07 Å². The minimum atomic E-state index is 0.0411. The Labute approximate surface area is 152 Å². The molecular weight excluding hydrogens is 326 g/mol. The van der Waals surface area contributed by atoms with E-state index < -0.39 is 0 Å². The van der Waals surface area contributed by atoms with Crippen molar-refractivity contribution in [2.24, 2.45) is 11.8 Å². The van der Waals surface area contributed by atoms with E-state index in [0.717, 1.165) is 30.9 Å². The first-order valence-corrected chi connectivity index (χ1v) is 9.95. The van der Waals surface area contributed by atoms with Crippen LogP contribution in [0.5, 0.6) is 0 Å². The quantitative estimate of drug-likeness (QED) is 0.572. The standard InChI is InChI=1S/C21H23N3O2/c22-12-1-2-15-14(7-12)21-4-5-23-10-11-3-6-26-16-9-18(25)24(15)20(21)19(16)13(11)8-17(21)23/h1-3,7,13,16-17,19-20H,4-6,8-10,22H2/t13-,16+,17-,19-,20-,21-/m0/s1. The second-order valence-electron chi connectivity index (χ2n) is 9.04. The minimum Gasteiger partial charge on any atom is -0.399 e. The van der Waals surface area contributed by atoms with Crippen LogP contribution >= 0.6 is 0 Å². The number of ether oxygens (including phenoxy) is 1. The molecule has 5 aliphatic heterocycles. The molecule has 0 unspecified atom stereocenters. The number of benzene rings is 1. The van der Waals surface area contributed by atoms with Crippen LogP contribution in [0.25, 0.3) is 0 Å². The van der Waals surface area contributed by atoms with Gasteiger partial charge in [0.1, 0.15) is 0 Å². The van der Waals surface area contributed by atoms with Gasteiger partial charge in [0, 0.05) is 35.3 Å². The second kappa shape index (κ2) is 4.34. The number of hydrogen-bond donors (Lipinski definition) is 1. The zero-order valence-corrected chi connectivity index (χ0v) is 14.7. The van der Waals surface area contributed by atoms with Crippen LogP contribution in [0.1, 0.15) is 24.8 Å². The van der Waals surface area contributed by atoms with E-state index in [-0.39, 0.29) is 23.5 Å². The van der Waals surface area contributed by atoms with Crippen molar-refractivity contribution in [1.29, 1.82) is 0 Å². The van der Waals surface area contributed by atoms with Crippen LogP contribution in [-0.2, 0) is 14.9 Å². The number of fused-ring (bicyclic) bond motifs is 2. The molecule has 3 saturated heterocycles. The Bertz CT molecular complexity index is 895. The van der Waals surface area contributed by atoms with Gasteiger partial charge in [-0.2, -0.15) is 0 Å². The monoisotopic (exact) mass is 349 g/mol. The Morgan fingerprint density at radius 3 is 3.15 bits per heavy atom. The normalized spacial score (nSPS) is 44.6. The molecule has 134 valence electrons. The van der Waals surface area contributed by atoms with E-state index in [0.29, 0.717) is 30.9 Å². The summed E-state index contributed by atoms with van der Waals surface area (Å²) in [5, 5.41) is 0. The van der Waals surface area contributed by atoms with Crippen molar-refractivity contribution in [3.05, 3.63) is 35.4 Å². The molecule has 4 fully saturated rings. The molecule has 1 spiro atoms. The van der Waals surface area contributed by atoms with Crippen molar-refractivity contribution in [2.45, 2.75) is 42.9 Å². The molecule has 7 rings (SSSR count). The van der Waals surface area contributed by atoms with Crippen molar-refractivity contribution < 1.29 is 9.53 Å². The van der Waals surface area contributed by atoms with Gasteiger partial charge in [0.2, 0.25) is 5.91 Å². The summed E-state index contributed by atoms with van der Waals surface area (Å²) in [7, 11) is 0. The molecule has 2 N–H and O–H groups in total. The van der Waals surface area contributed by atoms with Crippen molar-refractivity contribution in [1.82, 2.24) is 4.90 Å². The first-order chi connectivity index (χ1) is 12.7. The highest BCUT2D eigenvalue weighted by molar-refractivity contribution is 5.99. The van der Waals surface area contributed by atoms with Crippen LogP contribution in [0.2, 0.25) is 0 Å². The maximum absolute atomic E-state index is 13.2. The highest BCUT2D eigenvalue weighted by Crippen LogP contribution is 2.65. The van der Waals surface area contributed by atoms with Crippen LogP contribution in [0.3, 0.4) is 0 Å². The number of amides is 1. The van der Waals surface area contributed by atoms with Gasteiger partial charge in [-0.1, -0.05) is 11.6 Å². The summed E-state index contributed by atoms with van der Waals surface area (Å²) < 4.78 is 6.25. The van der Waals surface area contributed by atoms with E-state index >= 15 is 0 Å². The van der Waals surface area contributed by atoms with E-state index in [9.17, 15) is 4.79 Å². The molecule has 0 aromatic heterocycles. The van der Waals surface area contributed by atoms with Gasteiger partial charge in [-0.25, -0.2) is 0 Å². The summed E-state index contributed by atoms with van der Waals surface area (Å²) >= 11 is 0. The Hall–Kier alpha value is -1.85. The number of hydrogen-bond acceptors (Lipinski definition) is 4. The molecule has 5 heteroatoms. The van der Waals surface area contributed by atoms with Gasteiger partial charge in [0.05, 0.1) is 25.2 Å². The van der Waals surface area contributed by atoms with Crippen molar-refractivity contribution >= 4 is 17.3 Å². The maximum atomic E-state index is 13.2. The van der Waals surface area contributed by atoms with Gasteiger partial charge in [0.15, 0.2) is 0 Å². The summed E-state index contributed by atoms with van der Waals surface area (Å²) in [5.41, 5.74) is 11.1. The molecule has 26 heavy (non-hydrogen) atoms. The van der Waals surface area contributed by atoms with E-state index in [1.54, 1.807) is 5.57 Å². The number of nitrogen functional groups attached to an aromatic ring is 1. The molecule has 2 bridgehead atoms. The predicted molar refractivity (Wildman–Crippen MR) is 97.8 cm³/mol. The Morgan fingerprint density at radius 1 is 1.31 bits per heavy atom. The minimum absolute atomic E-state index is 0.0411. The van der Waals surface area contributed by atoms with Crippen LogP contribution in [0, 0.1) is 11.8 Å². The third-order valence-electron chi connectivity index (χ3n) is 8.33. The lowest BCUT2D eigenvalue weighted by atomic mass is 9.53. The van der Waals surface area contributed by atoms with Gasteiger partial charge in [0.25, 0.3) is 0 Å². The zero-order chi connectivity index (χ0) is 17.2. The fourth-order valence-electron chi connectivity index (χ4n) is 7.57. The molecule has 1 aliphatic carbocycles. The van der Waals surface area contributed by atoms with Gasteiger partial charge in [-0.3, -0.25) is 9.69 Å². The van der Waals surface area contributed by atoms with E-state index in [4.69, 9.17) is 10.5 Å². The number of piperidine rings is 2. The first-order valence-electron chi connectivity index (χ1n) is 9.95. The number of rotatable bonds is 0. The topological polar surface area (TPSA) is 58.8 Å². The first kappa shape index (κ1) is 14.2. The summed E-state index contributed by atoms with van der Waals surface area (Å²) in [6, 6.07) is 6.99. The lowest BCUT2D eigenvalue weighted by Gasteiger charge is -2.58. The van der Waals surface area contributed by atoms with Gasteiger partial charge in [-0.05, 0) is 49.1 Å². The number of carbonyl (C=O) groups is 1. The van der Waals surface area contributed by atoms with E-state index in [2.05, 4.69) is 28.0 Å². The van der Waals surface area contributed by atoms with Gasteiger partial charge >= 0.3 is 0 Å². The SMILES string of the molecule is Nc1ccc2c(c1)[C@]13CCN4CC5=CCO[C@@H]6CC(=O)N2[C@H]1[C@H]6[C@H]5C[C@H]43. The van der Waals surface area contributed by atoms with Crippen molar-refractivity contribution in [2.75, 3.05) is 30.3 Å². The molecule has 5 heterocycles. The number of carbonyl (C=O) groups excluding carboxylic acids is 1. The Morgan fingerprint density at radius 2 is 2.23 bits per heavy atom. The summed E-state index contributed by atoms with van der Waals surface area (Å²) in [5.74, 6) is 1.23. The van der Waals surface area contributed by atoms with E-state index in [1.165, 1.54) is 12.0 Å². The molecule has 1 aromatic rings. The zero-order valence-electron chi connectivity index (χ0n) is 14.7. The molecule has 1 aromatic carbocycles. The van der Waals surface area contributed by atoms with Crippen LogP contribution in [0.4, 0.5) is 11.4 Å². The predicted octanol–water partition coefficient (Wildman–Crippen LogP) is 1.67. The summed E-state index contributed by atoms with van der Waals surface area (Å²) in [4.78, 5) is 18.1. The summed E-state index contributed by atoms with van der Waals surface area (Å²) in [6.45, 7) is 2.88. The van der Waals surface area contributed by atoms with Crippen LogP contribution < -0.4 is 10.6 Å². The molecule has 1 amide bonds. The highest BCUT2D eigenvalue weighted by atomic mass is 16.5. The fraction of sp³-hybridized carbons (Fsp3) is 0.571. The molecular formula is C21H23N3O2. The van der Waals surface area contributed by atoms with Crippen LogP contribution in [-0.4, -0.2) is 48.7 Å².